The van der Waals surface area contributed by atoms with E-state index in [1.807, 2.05) is 0 Å². The van der Waals surface area contributed by atoms with Crippen LogP contribution in [0.5, 0.6) is 0 Å². The van der Waals surface area contributed by atoms with Crippen LogP contribution in [-0.2, 0) is 14.4 Å². The number of ketones is 1. The maximum Gasteiger partial charge on any atom is 0.326 e. The smallest absolute Gasteiger partial charge is 0.326 e. The van der Waals surface area contributed by atoms with Crippen molar-refractivity contribution in [3.05, 3.63) is 34.9 Å². The molecule has 0 aliphatic carbocycles. The third kappa shape index (κ3) is 6.92. The van der Waals surface area contributed by atoms with E-state index in [-0.39, 0.29) is 31.5 Å². The fourth-order valence-electron chi connectivity index (χ4n) is 1.80. The number of carbonyl (C=O) groups excluding carboxylic acids is 2. The molecule has 0 saturated heterocycles. The summed E-state index contributed by atoms with van der Waals surface area (Å²) >= 11 is 5.71. The first-order valence-corrected chi connectivity index (χ1v) is 7.20. The molecule has 1 aromatic rings. The van der Waals surface area contributed by atoms with Crippen molar-refractivity contribution in [1.82, 2.24) is 5.32 Å². The van der Waals surface area contributed by atoms with Crippen LogP contribution in [0, 0.1) is 0 Å². The summed E-state index contributed by atoms with van der Waals surface area (Å²) in [7, 11) is 0. The molecule has 1 rings (SSSR count). The number of Topliss-reactive ketones (excluding diaryl/α,β-unsaturated/α-hetero) is 1. The second-order valence-electron chi connectivity index (χ2n) is 4.82. The Morgan fingerprint density at radius 3 is 2.13 bits per heavy atom. The molecule has 0 bridgehead atoms. The van der Waals surface area contributed by atoms with Gasteiger partial charge in [-0.1, -0.05) is 11.6 Å². The molecule has 0 radical (unpaired) electrons. The number of rotatable bonds is 9. The van der Waals surface area contributed by atoms with Gasteiger partial charge < -0.3 is 15.5 Å². The predicted octanol–water partition coefficient (Wildman–Crippen LogP) is 1.74. The van der Waals surface area contributed by atoms with Gasteiger partial charge in [-0.2, -0.15) is 0 Å². The van der Waals surface area contributed by atoms with Crippen LogP contribution in [0.3, 0.4) is 0 Å². The highest BCUT2D eigenvalue weighted by molar-refractivity contribution is 6.30. The number of hydrogen-bond acceptors (Lipinski definition) is 4. The van der Waals surface area contributed by atoms with Gasteiger partial charge >= 0.3 is 11.9 Å². The maximum absolute atomic E-state index is 11.9. The molecule has 8 heteroatoms. The van der Waals surface area contributed by atoms with Crippen LogP contribution in [0.4, 0.5) is 0 Å². The van der Waals surface area contributed by atoms with Gasteiger partial charge in [-0.05, 0) is 30.7 Å². The summed E-state index contributed by atoms with van der Waals surface area (Å²) in [6, 6.07) is 4.90. The summed E-state index contributed by atoms with van der Waals surface area (Å²) < 4.78 is 0. The van der Waals surface area contributed by atoms with Gasteiger partial charge in [0.15, 0.2) is 5.78 Å². The van der Waals surface area contributed by atoms with Crippen LogP contribution < -0.4 is 5.32 Å². The highest BCUT2D eigenvalue weighted by Crippen LogP contribution is 2.12. The summed E-state index contributed by atoms with van der Waals surface area (Å²) in [4.78, 5) is 45.0. The Hall–Kier alpha value is -2.41. The summed E-state index contributed by atoms with van der Waals surface area (Å²) in [6.07, 6.45) is -0.862. The van der Waals surface area contributed by atoms with Crippen molar-refractivity contribution in [1.29, 1.82) is 0 Å². The minimum Gasteiger partial charge on any atom is -0.481 e. The Kier molecular flexibility index (Phi) is 7.21. The van der Waals surface area contributed by atoms with Crippen molar-refractivity contribution in [2.75, 3.05) is 0 Å². The van der Waals surface area contributed by atoms with Crippen LogP contribution in [0.25, 0.3) is 0 Å². The number of carboxylic acids is 2. The molecule has 0 saturated carbocycles. The van der Waals surface area contributed by atoms with Gasteiger partial charge in [-0.3, -0.25) is 14.4 Å². The second kappa shape index (κ2) is 8.89. The third-order valence-electron chi connectivity index (χ3n) is 3.03. The highest BCUT2D eigenvalue weighted by Gasteiger charge is 2.21. The molecular formula is C15H16ClNO6. The zero-order chi connectivity index (χ0) is 17.4. The number of halogens is 1. The van der Waals surface area contributed by atoms with E-state index in [0.717, 1.165) is 0 Å². The molecule has 0 heterocycles. The number of nitrogens with one attached hydrogen (secondary N) is 1. The van der Waals surface area contributed by atoms with E-state index in [4.69, 9.17) is 21.8 Å². The molecule has 0 aliphatic heterocycles. The van der Waals surface area contributed by atoms with Crippen molar-refractivity contribution >= 4 is 35.2 Å². The SMILES string of the molecule is O=C(O)CCC(NC(=O)CCC(=O)c1ccc(Cl)cc1)C(=O)O. The van der Waals surface area contributed by atoms with Crippen LogP contribution in [0.2, 0.25) is 5.02 Å². The minimum atomic E-state index is -1.32. The zero-order valence-electron chi connectivity index (χ0n) is 12.1. The number of benzene rings is 1. The van der Waals surface area contributed by atoms with Crippen LogP contribution in [-0.4, -0.2) is 39.9 Å². The van der Waals surface area contributed by atoms with Gasteiger partial charge in [0.2, 0.25) is 5.91 Å². The predicted molar refractivity (Wildman–Crippen MR) is 81.5 cm³/mol. The summed E-state index contributed by atoms with van der Waals surface area (Å²) in [5.74, 6) is -3.36. The average molecular weight is 342 g/mol. The van der Waals surface area contributed by atoms with Crippen molar-refractivity contribution in [2.24, 2.45) is 0 Å². The number of aliphatic carboxylic acids is 2. The topological polar surface area (TPSA) is 121 Å². The normalized spacial score (nSPS) is 11.5. The van der Waals surface area contributed by atoms with Crippen molar-refractivity contribution < 1.29 is 29.4 Å². The summed E-state index contributed by atoms with van der Waals surface area (Å²) in [5.41, 5.74) is 0.405. The van der Waals surface area contributed by atoms with Crippen LogP contribution >= 0.6 is 11.6 Å². The lowest BCUT2D eigenvalue weighted by Crippen LogP contribution is -2.41. The van der Waals surface area contributed by atoms with E-state index in [0.29, 0.717) is 10.6 Å². The molecule has 1 aromatic carbocycles. The molecule has 0 aliphatic rings. The Morgan fingerprint density at radius 2 is 1.61 bits per heavy atom. The molecule has 1 unspecified atom stereocenters. The van der Waals surface area contributed by atoms with Crippen molar-refractivity contribution in [3.8, 4) is 0 Å². The van der Waals surface area contributed by atoms with E-state index in [1.165, 1.54) is 12.1 Å². The molecule has 0 fully saturated rings. The number of amides is 1. The minimum absolute atomic E-state index is 0.0846. The molecule has 0 aromatic heterocycles. The molecule has 0 spiro atoms. The fraction of sp³-hybridized carbons (Fsp3) is 0.333. The van der Waals surface area contributed by atoms with E-state index >= 15 is 0 Å². The first kappa shape index (κ1) is 18.6. The monoisotopic (exact) mass is 341 g/mol. The molecule has 23 heavy (non-hydrogen) atoms. The Balaban J connectivity index is 2.48. The average Bonchev–Trinajstić information content (AvgIpc) is 2.49. The van der Waals surface area contributed by atoms with Gasteiger partial charge in [-0.15, -0.1) is 0 Å². The molecule has 1 amide bonds. The van der Waals surface area contributed by atoms with Gasteiger partial charge in [0, 0.05) is 29.8 Å². The second-order valence-corrected chi connectivity index (χ2v) is 5.26. The van der Waals surface area contributed by atoms with E-state index in [9.17, 15) is 19.2 Å². The number of carboxylic acid groups (broad SMARTS) is 2. The number of carbonyl (C=O) groups is 4. The van der Waals surface area contributed by atoms with E-state index < -0.39 is 23.9 Å². The number of hydrogen-bond donors (Lipinski definition) is 3. The van der Waals surface area contributed by atoms with Crippen LogP contribution in [0.15, 0.2) is 24.3 Å². The fourth-order valence-corrected chi connectivity index (χ4v) is 1.92. The molecule has 3 N–H and O–H groups in total. The van der Waals surface area contributed by atoms with Crippen molar-refractivity contribution in [2.45, 2.75) is 31.7 Å². The van der Waals surface area contributed by atoms with Crippen LogP contribution in [0.1, 0.15) is 36.0 Å². The van der Waals surface area contributed by atoms with Crippen molar-refractivity contribution in [3.63, 3.8) is 0 Å². The standard InChI is InChI=1S/C15H16ClNO6/c16-10-3-1-9(2-4-10)12(18)6-7-13(19)17-11(15(22)23)5-8-14(20)21/h1-4,11H,5-8H2,(H,17,19)(H,20,21)(H,22,23). The molecular weight excluding hydrogens is 326 g/mol. The largest absolute Gasteiger partial charge is 0.481 e. The Labute approximate surface area is 137 Å². The van der Waals surface area contributed by atoms with E-state index in [1.54, 1.807) is 12.1 Å². The Morgan fingerprint density at radius 1 is 1.00 bits per heavy atom. The molecule has 7 nitrogen and oxygen atoms in total. The maximum atomic E-state index is 11.9. The van der Waals surface area contributed by atoms with Gasteiger partial charge in [0.05, 0.1) is 0 Å². The van der Waals surface area contributed by atoms with Gasteiger partial charge in [0.25, 0.3) is 0 Å². The first-order chi connectivity index (χ1) is 10.8. The summed E-state index contributed by atoms with van der Waals surface area (Å²) in [5, 5.41) is 20.2. The lowest BCUT2D eigenvalue weighted by Gasteiger charge is -2.13. The first-order valence-electron chi connectivity index (χ1n) is 6.82. The highest BCUT2D eigenvalue weighted by atomic mass is 35.5. The lowest BCUT2D eigenvalue weighted by atomic mass is 10.1. The molecule has 124 valence electrons. The lowest BCUT2D eigenvalue weighted by molar-refractivity contribution is -0.143. The Bertz CT molecular complexity index is 598. The summed E-state index contributed by atoms with van der Waals surface area (Å²) in [6.45, 7) is 0. The quantitative estimate of drug-likeness (QED) is 0.588. The molecule has 1 atom stereocenters. The van der Waals surface area contributed by atoms with Gasteiger partial charge in [0.1, 0.15) is 6.04 Å². The third-order valence-corrected chi connectivity index (χ3v) is 3.28. The van der Waals surface area contributed by atoms with E-state index in [2.05, 4.69) is 5.32 Å². The van der Waals surface area contributed by atoms with Gasteiger partial charge in [-0.25, -0.2) is 4.79 Å². The zero-order valence-corrected chi connectivity index (χ0v) is 12.9.